The van der Waals surface area contributed by atoms with Crippen LogP contribution in [0.4, 0.5) is 11.4 Å². The Kier molecular flexibility index (Phi) is 6.78. The first-order valence-electron chi connectivity index (χ1n) is 11.2. The number of nitrogens with zero attached hydrogens (tertiary/aromatic N) is 1. The third kappa shape index (κ3) is 5.39. The molecule has 176 valence electrons. The van der Waals surface area contributed by atoms with E-state index in [0.29, 0.717) is 27.9 Å². The van der Waals surface area contributed by atoms with Crippen LogP contribution >= 0.6 is 23.2 Å². The van der Waals surface area contributed by atoms with Crippen molar-refractivity contribution in [2.45, 2.75) is 70.2 Å². The number of carbonyl (C=O) groups is 2. The van der Waals surface area contributed by atoms with E-state index in [1.54, 1.807) is 32.0 Å². The monoisotopic (exact) mass is 489 g/mol. The van der Waals surface area contributed by atoms with E-state index >= 15 is 0 Å². The minimum Gasteiger partial charge on any atom is -0.476 e. The summed E-state index contributed by atoms with van der Waals surface area (Å²) in [6.07, 6.45) is 3.97. The summed E-state index contributed by atoms with van der Waals surface area (Å²) >= 11 is 12.2. The van der Waals surface area contributed by atoms with Crippen LogP contribution in [0.5, 0.6) is 5.75 Å². The molecule has 8 heteroatoms. The fourth-order valence-electron chi connectivity index (χ4n) is 4.88. The van der Waals surface area contributed by atoms with Gasteiger partial charge in [0.15, 0.2) is 5.60 Å². The van der Waals surface area contributed by atoms with Crippen LogP contribution in [-0.4, -0.2) is 35.5 Å². The van der Waals surface area contributed by atoms with Gasteiger partial charge in [-0.3, -0.25) is 9.59 Å². The van der Waals surface area contributed by atoms with Gasteiger partial charge in [0.25, 0.3) is 5.91 Å². The summed E-state index contributed by atoms with van der Waals surface area (Å²) in [6, 6.07) is 13.8. The minimum atomic E-state index is -1.08. The molecule has 0 saturated carbocycles. The second kappa shape index (κ2) is 9.43. The van der Waals surface area contributed by atoms with Crippen molar-refractivity contribution in [3.05, 3.63) is 52.5 Å². The van der Waals surface area contributed by atoms with Crippen molar-refractivity contribution >= 4 is 46.4 Å². The van der Waals surface area contributed by atoms with Crippen LogP contribution in [0.1, 0.15) is 46.5 Å². The van der Waals surface area contributed by atoms with Crippen molar-refractivity contribution in [3.8, 4) is 5.75 Å². The fourth-order valence-corrected chi connectivity index (χ4v) is 5.32. The molecule has 0 radical (unpaired) electrons. The first-order valence-corrected chi connectivity index (χ1v) is 12.0. The smallest absolute Gasteiger partial charge is 0.263 e. The Labute approximate surface area is 204 Å². The largest absolute Gasteiger partial charge is 0.476 e. The van der Waals surface area contributed by atoms with E-state index in [-0.39, 0.29) is 17.9 Å². The van der Waals surface area contributed by atoms with Crippen molar-refractivity contribution < 1.29 is 14.3 Å². The highest BCUT2D eigenvalue weighted by atomic mass is 35.5. The summed E-state index contributed by atoms with van der Waals surface area (Å²) in [5, 5.41) is 6.90. The molecule has 2 aromatic rings. The number of carbonyl (C=O) groups excluding carboxylic acids is 2. The van der Waals surface area contributed by atoms with Crippen LogP contribution in [0.2, 0.25) is 10.0 Å². The summed E-state index contributed by atoms with van der Waals surface area (Å²) in [7, 11) is 0. The van der Waals surface area contributed by atoms with Gasteiger partial charge in [0, 0.05) is 41.4 Å². The Balaban J connectivity index is 1.38. The van der Waals surface area contributed by atoms with Gasteiger partial charge in [-0.1, -0.05) is 23.2 Å². The number of amides is 2. The van der Waals surface area contributed by atoms with Gasteiger partial charge < -0.3 is 20.3 Å². The third-order valence-corrected chi connectivity index (χ3v) is 6.89. The van der Waals surface area contributed by atoms with E-state index in [1.807, 2.05) is 12.1 Å². The Hall–Kier alpha value is -2.44. The van der Waals surface area contributed by atoms with Crippen molar-refractivity contribution in [2.75, 3.05) is 10.2 Å². The molecule has 2 heterocycles. The first kappa shape index (κ1) is 23.7. The first-order chi connectivity index (χ1) is 15.6. The lowest BCUT2D eigenvalue weighted by atomic mass is 9.95. The van der Waals surface area contributed by atoms with Crippen LogP contribution < -0.4 is 20.3 Å². The molecule has 1 unspecified atom stereocenters. The Bertz CT molecular complexity index is 1030. The van der Waals surface area contributed by atoms with Crippen LogP contribution in [0.15, 0.2) is 42.5 Å². The standard InChI is InChI=1S/C25H29Cl2N3O3/c1-15(31)28-17-5-7-19(8-6-17)30-20-9-10-21(30)14-18(13-20)29-24(32)25(2,3)33-23-11-4-16(26)12-22(23)27/h4-8,11-12,18,20-21H,9-10,13-14H2,1-3H3,(H,28,31)(H,29,32)/t18?,20-,21+. The Morgan fingerprint density at radius 3 is 2.24 bits per heavy atom. The van der Waals surface area contributed by atoms with Crippen LogP contribution in [-0.2, 0) is 9.59 Å². The second-order valence-corrected chi connectivity index (χ2v) is 10.2. The number of fused-ring (bicyclic) bond motifs is 2. The average molecular weight is 490 g/mol. The van der Waals surface area contributed by atoms with Gasteiger partial charge in [0.2, 0.25) is 5.91 Å². The van der Waals surface area contributed by atoms with E-state index in [0.717, 1.165) is 37.1 Å². The van der Waals surface area contributed by atoms with E-state index in [2.05, 4.69) is 27.7 Å². The maximum atomic E-state index is 13.1. The molecule has 2 amide bonds. The Morgan fingerprint density at radius 2 is 1.67 bits per heavy atom. The predicted octanol–water partition coefficient (Wildman–Crippen LogP) is 5.43. The fraction of sp³-hybridized carbons (Fsp3) is 0.440. The third-order valence-electron chi connectivity index (χ3n) is 6.36. The van der Waals surface area contributed by atoms with Crippen molar-refractivity contribution in [1.29, 1.82) is 0 Å². The highest BCUT2D eigenvalue weighted by Gasteiger charge is 2.42. The second-order valence-electron chi connectivity index (χ2n) is 9.35. The molecular weight excluding hydrogens is 461 g/mol. The summed E-state index contributed by atoms with van der Waals surface area (Å²) in [6.45, 7) is 4.99. The Morgan fingerprint density at radius 1 is 1.03 bits per heavy atom. The van der Waals surface area contributed by atoms with Gasteiger partial charge in [-0.15, -0.1) is 0 Å². The van der Waals surface area contributed by atoms with Gasteiger partial charge >= 0.3 is 0 Å². The molecule has 0 aromatic heterocycles. The van der Waals surface area contributed by atoms with Crippen LogP contribution in [0.3, 0.4) is 0 Å². The molecule has 2 N–H and O–H groups in total. The summed E-state index contributed by atoms with van der Waals surface area (Å²) < 4.78 is 5.95. The molecule has 0 aliphatic carbocycles. The maximum absolute atomic E-state index is 13.1. The normalized spacial score (nSPS) is 22.1. The topological polar surface area (TPSA) is 70.7 Å². The molecule has 2 aromatic carbocycles. The highest BCUT2D eigenvalue weighted by Crippen LogP contribution is 2.40. The van der Waals surface area contributed by atoms with Crippen LogP contribution in [0, 0.1) is 0 Å². The van der Waals surface area contributed by atoms with Crippen molar-refractivity contribution in [3.63, 3.8) is 0 Å². The number of ether oxygens (including phenoxy) is 1. The number of anilines is 2. The number of nitrogens with one attached hydrogen (secondary N) is 2. The van der Waals surface area contributed by atoms with Gasteiger partial charge in [-0.05, 0) is 82.0 Å². The average Bonchev–Trinajstić information content (AvgIpc) is 3.00. The zero-order valence-corrected chi connectivity index (χ0v) is 20.5. The lowest BCUT2D eigenvalue weighted by Gasteiger charge is -2.41. The molecule has 3 atom stereocenters. The van der Waals surface area contributed by atoms with Crippen molar-refractivity contribution in [1.82, 2.24) is 5.32 Å². The molecule has 0 spiro atoms. The SMILES string of the molecule is CC(=O)Nc1ccc(N2[C@@H]3CC[C@H]2CC(NC(=O)C(C)(C)Oc2ccc(Cl)cc2Cl)C3)cc1. The number of halogens is 2. The van der Waals surface area contributed by atoms with Gasteiger partial charge in [-0.2, -0.15) is 0 Å². The number of benzene rings is 2. The number of hydrogen-bond acceptors (Lipinski definition) is 4. The summed E-state index contributed by atoms with van der Waals surface area (Å²) in [4.78, 5) is 26.8. The molecule has 2 fully saturated rings. The molecule has 4 rings (SSSR count). The number of piperidine rings is 1. The minimum absolute atomic E-state index is 0.0791. The molecule has 6 nitrogen and oxygen atoms in total. The molecule has 2 aliphatic heterocycles. The zero-order valence-electron chi connectivity index (χ0n) is 19.0. The molecule has 2 bridgehead atoms. The summed E-state index contributed by atoms with van der Waals surface area (Å²) in [5.41, 5.74) is 0.874. The van der Waals surface area contributed by atoms with Gasteiger partial charge in [0.05, 0.1) is 5.02 Å². The lowest BCUT2D eigenvalue weighted by Crippen LogP contribution is -2.55. The van der Waals surface area contributed by atoms with E-state index in [4.69, 9.17) is 27.9 Å². The molecule has 2 saturated heterocycles. The van der Waals surface area contributed by atoms with Crippen LogP contribution in [0.25, 0.3) is 0 Å². The van der Waals surface area contributed by atoms with Gasteiger partial charge in [-0.25, -0.2) is 0 Å². The van der Waals surface area contributed by atoms with E-state index < -0.39 is 5.60 Å². The van der Waals surface area contributed by atoms with E-state index in [1.165, 1.54) is 6.92 Å². The predicted molar refractivity (Wildman–Crippen MR) is 132 cm³/mol. The zero-order chi connectivity index (χ0) is 23.8. The maximum Gasteiger partial charge on any atom is 0.263 e. The van der Waals surface area contributed by atoms with Crippen molar-refractivity contribution in [2.24, 2.45) is 0 Å². The quantitative estimate of drug-likeness (QED) is 0.567. The lowest BCUT2D eigenvalue weighted by molar-refractivity contribution is -0.135. The van der Waals surface area contributed by atoms with E-state index in [9.17, 15) is 9.59 Å². The summed E-state index contributed by atoms with van der Waals surface area (Å²) in [5.74, 6) is 0.189. The number of hydrogen-bond donors (Lipinski definition) is 2. The highest BCUT2D eigenvalue weighted by molar-refractivity contribution is 6.35. The molecule has 33 heavy (non-hydrogen) atoms. The van der Waals surface area contributed by atoms with Gasteiger partial charge in [0.1, 0.15) is 5.75 Å². The molecular formula is C25H29Cl2N3O3. The molecule has 2 aliphatic rings. The number of rotatable bonds is 6.